The van der Waals surface area contributed by atoms with Gasteiger partial charge in [-0.25, -0.2) is 15.8 Å². The van der Waals surface area contributed by atoms with Gasteiger partial charge >= 0.3 is 0 Å². The topological polar surface area (TPSA) is 80.0 Å². The van der Waals surface area contributed by atoms with Gasteiger partial charge in [-0.1, -0.05) is 30.3 Å². The molecule has 0 aliphatic carbocycles. The van der Waals surface area contributed by atoms with Gasteiger partial charge in [0, 0.05) is 5.56 Å². The summed E-state index contributed by atoms with van der Waals surface area (Å²) in [5.74, 6) is 6.08. The van der Waals surface area contributed by atoms with Crippen LogP contribution in [0.4, 0.5) is 0 Å². The van der Waals surface area contributed by atoms with Gasteiger partial charge in [0.25, 0.3) is 0 Å². The van der Waals surface area contributed by atoms with E-state index >= 15 is 0 Å². The Kier molecular flexibility index (Phi) is 2.26. The lowest BCUT2D eigenvalue weighted by molar-refractivity contribution is 0.343. The lowest BCUT2D eigenvalue weighted by atomic mass is 10.2. The van der Waals surface area contributed by atoms with E-state index in [4.69, 9.17) is 11.6 Å². The van der Waals surface area contributed by atoms with Crippen molar-refractivity contribution in [2.24, 2.45) is 21.6 Å². The average Bonchev–Trinajstić information content (AvgIpc) is 2.23. The maximum absolute atomic E-state index is 5.63. The molecule has 2 rings (SSSR count). The highest BCUT2D eigenvalue weighted by atomic mass is 15.5. The molecule has 5 heteroatoms. The molecular formula is C9H11N5. The number of benzene rings is 1. The fraction of sp³-hybridized carbons (Fsp3) is 0.111. The van der Waals surface area contributed by atoms with E-state index in [1.807, 2.05) is 30.3 Å². The summed E-state index contributed by atoms with van der Waals surface area (Å²) in [5, 5.41) is 1.26. The Labute approximate surface area is 81.7 Å². The normalized spacial score (nSPS) is 20.9. The molecule has 1 aromatic rings. The highest BCUT2D eigenvalue weighted by Crippen LogP contribution is 2.06. The van der Waals surface area contributed by atoms with Crippen LogP contribution in [0, 0.1) is 0 Å². The van der Waals surface area contributed by atoms with Crippen LogP contribution in [0.5, 0.6) is 0 Å². The largest absolute Gasteiger partial charge is 0.291 e. The van der Waals surface area contributed by atoms with Gasteiger partial charge < -0.3 is 0 Å². The van der Waals surface area contributed by atoms with Gasteiger partial charge in [0.15, 0.2) is 12.1 Å². The summed E-state index contributed by atoms with van der Waals surface area (Å²) in [7, 11) is 0. The number of aliphatic imine (C=N–C) groups is 2. The third-order valence-corrected chi connectivity index (χ3v) is 1.91. The zero-order valence-corrected chi connectivity index (χ0v) is 7.54. The molecule has 0 saturated carbocycles. The highest BCUT2D eigenvalue weighted by Gasteiger charge is 2.12. The van der Waals surface area contributed by atoms with Crippen LogP contribution >= 0.6 is 0 Å². The van der Waals surface area contributed by atoms with Gasteiger partial charge in [0.1, 0.15) is 6.34 Å². The number of nitrogens with two attached hydrogens (primary N) is 2. The minimum Gasteiger partial charge on any atom is -0.291 e. The fourth-order valence-corrected chi connectivity index (χ4v) is 1.15. The number of hydrogen-bond acceptors (Lipinski definition) is 5. The van der Waals surface area contributed by atoms with Crippen molar-refractivity contribution in [3.05, 3.63) is 35.9 Å². The molecule has 14 heavy (non-hydrogen) atoms. The van der Waals surface area contributed by atoms with E-state index in [2.05, 4.69) is 9.98 Å². The molecule has 1 heterocycles. The second-order valence-electron chi connectivity index (χ2n) is 2.92. The second kappa shape index (κ2) is 3.57. The van der Waals surface area contributed by atoms with Crippen molar-refractivity contribution in [3.8, 4) is 0 Å². The van der Waals surface area contributed by atoms with E-state index in [0.29, 0.717) is 5.84 Å². The van der Waals surface area contributed by atoms with E-state index in [0.717, 1.165) is 5.56 Å². The first kappa shape index (κ1) is 8.86. The van der Waals surface area contributed by atoms with Gasteiger partial charge in [-0.15, -0.1) is 0 Å². The Hall–Kier alpha value is -1.72. The summed E-state index contributed by atoms with van der Waals surface area (Å²) in [6, 6.07) is 9.64. The van der Waals surface area contributed by atoms with Crippen molar-refractivity contribution in [1.82, 2.24) is 5.01 Å². The summed E-state index contributed by atoms with van der Waals surface area (Å²) in [5.41, 5.74) is 6.57. The summed E-state index contributed by atoms with van der Waals surface area (Å²) in [6.45, 7) is 0. The molecule has 0 bridgehead atoms. The molecular weight excluding hydrogens is 178 g/mol. The van der Waals surface area contributed by atoms with E-state index in [1.165, 1.54) is 11.3 Å². The third-order valence-electron chi connectivity index (χ3n) is 1.91. The van der Waals surface area contributed by atoms with E-state index in [-0.39, 0.29) is 0 Å². The molecule has 5 nitrogen and oxygen atoms in total. The predicted octanol–water partition coefficient (Wildman–Crippen LogP) is -0.107. The molecule has 0 fully saturated rings. The van der Waals surface area contributed by atoms with Gasteiger partial charge in [0.05, 0.1) is 0 Å². The minimum atomic E-state index is -0.553. The van der Waals surface area contributed by atoms with Crippen LogP contribution in [-0.2, 0) is 0 Å². The van der Waals surface area contributed by atoms with Gasteiger partial charge in [0.2, 0.25) is 0 Å². The molecule has 1 aliphatic heterocycles. The smallest absolute Gasteiger partial charge is 0.190 e. The first-order valence-corrected chi connectivity index (χ1v) is 4.23. The zero-order valence-electron chi connectivity index (χ0n) is 7.54. The van der Waals surface area contributed by atoms with Gasteiger partial charge in [-0.2, -0.15) is 0 Å². The lowest BCUT2D eigenvalue weighted by Crippen LogP contribution is -2.47. The van der Waals surface area contributed by atoms with E-state index in [1.54, 1.807) is 0 Å². The first-order chi connectivity index (χ1) is 6.77. The Morgan fingerprint density at radius 3 is 2.57 bits per heavy atom. The third kappa shape index (κ3) is 1.63. The Morgan fingerprint density at radius 1 is 1.21 bits per heavy atom. The Balaban J connectivity index is 2.30. The molecule has 1 unspecified atom stereocenters. The number of nitrogens with zero attached hydrogens (tertiary/aromatic N) is 3. The molecule has 0 radical (unpaired) electrons. The number of rotatable bonds is 1. The molecule has 0 saturated heterocycles. The van der Waals surface area contributed by atoms with Crippen molar-refractivity contribution >= 4 is 12.2 Å². The lowest BCUT2D eigenvalue weighted by Gasteiger charge is -2.21. The van der Waals surface area contributed by atoms with Crippen LogP contribution in [0.3, 0.4) is 0 Å². The average molecular weight is 189 g/mol. The minimum absolute atomic E-state index is 0.553. The summed E-state index contributed by atoms with van der Waals surface area (Å²) in [6.07, 6.45) is 0.919. The van der Waals surface area contributed by atoms with Crippen LogP contribution in [0.25, 0.3) is 0 Å². The van der Waals surface area contributed by atoms with Crippen LogP contribution in [-0.4, -0.2) is 23.5 Å². The van der Waals surface area contributed by atoms with Crippen LogP contribution in [0.1, 0.15) is 5.56 Å². The second-order valence-corrected chi connectivity index (χ2v) is 2.92. The zero-order chi connectivity index (χ0) is 9.97. The maximum Gasteiger partial charge on any atom is 0.190 e. The van der Waals surface area contributed by atoms with Crippen molar-refractivity contribution in [2.75, 3.05) is 0 Å². The maximum atomic E-state index is 5.63. The predicted molar refractivity (Wildman–Crippen MR) is 55.5 cm³/mol. The molecule has 1 atom stereocenters. The van der Waals surface area contributed by atoms with Gasteiger partial charge in [-0.3, -0.25) is 10.7 Å². The summed E-state index contributed by atoms with van der Waals surface area (Å²) >= 11 is 0. The molecule has 0 amide bonds. The highest BCUT2D eigenvalue weighted by molar-refractivity contribution is 6.03. The summed E-state index contributed by atoms with van der Waals surface area (Å²) < 4.78 is 0. The van der Waals surface area contributed by atoms with Crippen molar-refractivity contribution in [3.63, 3.8) is 0 Å². The molecule has 72 valence electrons. The molecule has 4 N–H and O–H groups in total. The number of hydrogen-bond donors (Lipinski definition) is 2. The van der Waals surface area contributed by atoms with Crippen LogP contribution in [0.2, 0.25) is 0 Å². The Bertz CT molecular complexity index is 370. The first-order valence-electron chi connectivity index (χ1n) is 4.23. The quantitative estimate of drug-likeness (QED) is 0.605. The molecule has 0 spiro atoms. The van der Waals surface area contributed by atoms with Crippen molar-refractivity contribution in [2.45, 2.75) is 6.29 Å². The monoisotopic (exact) mass is 189 g/mol. The molecule has 1 aromatic carbocycles. The molecule has 0 aromatic heterocycles. The van der Waals surface area contributed by atoms with Crippen molar-refractivity contribution in [1.29, 1.82) is 0 Å². The van der Waals surface area contributed by atoms with Crippen molar-refractivity contribution < 1.29 is 0 Å². The summed E-state index contributed by atoms with van der Waals surface area (Å²) in [4.78, 5) is 8.21. The van der Waals surface area contributed by atoms with Gasteiger partial charge in [-0.05, 0) is 0 Å². The standard InChI is InChI=1S/C9H11N5/c10-9-13-8(12-6-14(9)11)7-4-2-1-3-5-7/h1-6,9H,10-11H2. The van der Waals surface area contributed by atoms with E-state index in [9.17, 15) is 0 Å². The fourth-order valence-electron chi connectivity index (χ4n) is 1.15. The Morgan fingerprint density at radius 2 is 1.93 bits per heavy atom. The van der Waals surface area contributed by atoms with Crippen LogP contribution < -0.4 is 11.6 Å². The SMILES string of the molecule is NC1N=C(c2ccccc2)N=CN1N. The number of amidine groups is 1. The molecule has 1 aliphatic rings. The number of hydrazine groups is 1. The van der Waals surface area contributed by atoms with E-state index < -0.39 is 6.29 Å². The van der Waals surface area contributed by atoms with Crippen LogP contribution in [0.15, 0.2) is 40.3 Å².